The molecular weight excluding hydrogens is 486 g/mol. The zero-order valence-corrected chi connectivity index (χ0v) is 22.0. The van der Waals surface area contributed by atoms with Crippen molar-refractivity contribution in [3.05, 3.63) is 66.2 Å². The standard InChI is InChI=1S/C28H33N5O5/c1-36-18-17-33(28(35)21-7-5-4-6-8-21)20-27(34)32-15-13-31(14-16-32)26-12-11-24(29-30-26)23-10-9-22(37-2)19-25(23)38-3/h4-12,19H,13-18,20H2,1-3H3. The van der Waals surface area contributed by atoms with Crippen molar-refractivity contribution in [1.29, 1.82) is 0 Å². The Hall–Kier alpha value is -4.18. The zero-order valence-electron chi connectivity index (χ0n) is 22.0. The van der Waals surface area contributed by atoms with E-state index in [1.807, 2.05) is 48.5 Å². The minimum atomic E-state index is -0.182. The molecular formula is C28H33N5O5. The summed E-state index contributed by atoms with van der Waals surface area (Å²) in [5.41, 5.74) is 2.07. The van der Waals surface area contributed by atoms with E-state index in [1.165, 1.54) is 0 Å². The number of ether oxygens (including phenoxy) is 3. The number of benzene rings is 2. The van der Waals surface area contributed by atoms with Crippen LogP contribution in [-0.4, -0.2) is 99.0 Å². The largest absolute Gasteiger partial charge is 0.497 e. The Morgan fingerprint density at radius 3 is 2.29 bits per heavy atom. The first-order chi connectivity index (χ1) is 18.5. The smallest absolute Gasteiger partial charge is 0.254 e. The summed E-state index contributed by atoms with van der Waals surface area (Å²) in [7, 11) is 4.79. The molecule has 1 aliphatic rings. The number of methoxy groups -OCH3 is 3. The van der Waals surface area contributed by atoms with Gasteiger partial charge in [0.2, 0.25) is 5.91 Å². The van der Waals surface area contributed by atoms with Crippen LogP contribution >= 0.6 is 0 Å². The van der Waals surface area contributed by atoms with E-state index in [2.05, 4.69) is 15.1 Å². The predicted octanol–water partition coefficient (Wildman–Crippen LogP) is 2.60. The number of rotatable bonds is 10. The first-order valence-corrected chi connectivity index (χ1v) is 12.5. The Bertz CT molecular complexity index is 1210. The van der Waals surface area contributed by atoms with Crippen LogP contribution in [0.1, 0.15) is 10.4 Å². The quantitative estimate of drug-likeness (QED) is 0.403. The first-order valence-electron chi connectivity index (χ1n) is 12.5. The van der Waals surface area contributed by atoms with E-state index in [0.717, 1.165) is 11.4 Å². The number of hydrogen-bond acceptors (Lipinski definition) is 8. The second-order valence-corrected chi connectivity index (χ2v) is 8.80. The van der Waals surface area contributed by atoms with Gasteiger partial charge in [-0.25, -0.2) is 0 Å². The number of carbonyl (C=O) groups is 2. The van der Waals surface area contributed by atoms with Crippen molar-refractivity contribution in [2.45, 2.75) is 0 Å². The lowest BCUT2D eigenvalue weighted by atomic mass is 10.1. The van der Waals surface area contributed by atoms with E-state index in [4.69, 9.17) is 14.2 Å². The highest BCUT2D eigenvalue weighted by Crippen LogP contribution is 2.32. The second-order valence-electron chi connectivity index (χ2n) is 8.80. The van der Waals surface area contributed by atoms with Crippen molar-refractivity contribution in [3.8, 4) is 22.8 Å². The zero-order chi connectivity index (χ0) is 26.9. The lowest BCUT2D eigenvalue weighted by molar-refractivity contribution is -0.132. The first kappa shape index (κ1) is 26.9. The summed E-state index contributed by atoms with van der Waals surface area (Å²) in [5, 5.41) is 8.83. The molecule has 2 amide bonds. The summed E-state index contributed by atoms with van der Waals surface area (Å²) in [6, 6.07) is 18.4. The summed E-state index contributed by atoms with van der Waals surface area (Å²) < 4.78 is 15.9. The minimum Gasteiger partial charge on any atom is -0.497 e. The van der Waals surface area contributed by atoms with Crippen LogP contribution in [0.2, 0.25) is 0 Å². The van der Waals surface area contributed by atoms with Crippen LogP contribution in [0.25, 0.3) is 11.3 Å². The molecule has 0 unspecified atom stereocenters. The predicted molar refractivity (Wildman–Crippen MR) is 144 cm³/mol. The number of hydrogen-bond donors (Lipinski definition) is 0. The average molecular weight is 520 g/mol. The van der Waals surface area contributed by atoms with Gasteiger partial charge in [0, 0.05) is 57.0 Å². The molecule has 2 aromatic carbocycles. The molecule has 0 spiro atoms. The van der Waals surface area contributed by atoms with Crippen molar-refractivity contribution >= 4 is 17.6 Å². The minimum absolute atomic E-state index is 0.00921. The SMILES string of the molecule is COCCN(CC(=O)N1CCN(c2ccc(-c3ccc(OC)cc3OC)nn2)CC1)C(=O)c1ccccc1. The Balaban J connectivity index is 1.36. The number of anilines is 1. The molecule has 0 bridgehead atoms. The molecule has 200 valence electrons. The maximum absolute atomic E-state index is 13.1. The van der Waals surface area contributed by atoms with Gasteiger partial charge in [-0.1, -0.05) is 18.2 Å². The van der Waals surface area contributed by atoms with Crippen LogP contribution in [0.15, 0.2) is 60.7 Å². The lowest BCUT2D eigenvalue weighted by Gasteiger charge is -2.36. The summed E-state index contributed by atoms with van der Waals surface area (Å²) in [4.78, 5) is 31.5. The van der Waals surface area contributed by atoms with E-state index in [0.29, 0.717) is 62.1 Å². The van der Waals surface area contributed by atoms with Gasteiger partial charge in [0.1, 0.15) is 18.0 Å². The third-order valence-electron chi connectivity index (χ3n) is 6.49. The van der Waals surface area contributed by atoms with E-state index in [1.54, 1.807) is 43.3 Å². The molecule has 1 saturated heterocycles. The van der Waals surface area contributed by atoms with Gasteiger partial charge in [-0.2, -0.15) is 0 Å². The van der Waals surface area contributed by atoms with Gasteiger partial charge in [0.05, 0.1) is 26.5 Å². The molecule has 3 aromatic rings. The molecule has 0 atom stereocenters. The van der Waals surface area contributed by atoms with E-state index in [9.17, 15) is 9.59 Å². The monoisotopic (exact) mass is 519 g/mol. The molecule has 0 radical (unpaired) electrons. The van der Waals surface area contributed by atoms with Crippen molar-refractivity contribution in [2.24, 2.45) is 0 Å². The lowest BCUT2D eigenvalue weighted by Crippen LogP contribution is -2.52. The third-order valence-corrected chi connectivity index (χ3v) is 6.49. The molecule has 1 fully saturated rings. The van der Waals surface area contributed by atoms with Gasteiger partial charge in [0.15, 0.2) is 5.82 Å². The topological polar surface area (TPSA) is 97.3 Å². The van der Waals surface area contributed by atoms with Crippen molar-refractivity contribution in [3.63, 3.8) is 0 Å². The van der Waals surface area contributed by atoms with Crippen molar-refractivity contribution in [1.82, 2.24) is 20.0 Å². The van der Waals surface area contributed by atoms with Crippen LogP contribution in [0, 0.1) is 0 Å². The van der Waals surface area contributed by atoms with E-state index < -0.39 is 0 Å². The van der Waals surface area contributed by atoms with Gasteiger partial charge >= 0.3 is 0 Å². The second kappa shape index (κ2) is 12.9. The van der Waals surface area contributed by atoms with Crippen LogP contribution in [0.4, 0.5) is 5.82 Å². The fourth-order valence-electron chi connectivity index (χ4n) is 4.31. The molecule has 1 aromatic heterocycles. The molecule has 1 aliphatic heterocycles. The normalized spacial score (nSPS) is 13.2. The highest BCUT2D eigenvalue weighted by molar-refractivity contribution is 5.96. The summed E-state index contributed by atoms with van der Waals surface area (Å²) in [6.45, 7) is 3.02. The number of amides is 2. The fraction of sp³-hybridized carbons (Fsp3) is 0.357. The maximum Gasteiger partial charge on any atom is 0.254 e. The molecule has 0 aliphatic carbocycles. The number of piperazine rings is 1. The van der Waals surface area contributed by atoms with Crippen LogP contribution < -0.4 is 14.4 Å². The van der Waals surface area contributed by atoms with E-state index in [-0.39, 0.29) is 18.4 Å². The summed E-state index contributed by atoms with van der Waals surface area (Å²) in [5.74, 6) is 1.84. The molecule has 38 heavy (non-hydrogen) atoms. The molecule has 0 saturated carbocycles. The highest BCUT2D eigenvalue weighted by atomic mass is 16.5. The van der Waals surface area contributed by atoms with E-state index >= 15 is 0 Å². The van der Waals surface area contributed by atoms with Crippen LogP contribution in [0.5, 0.6) is 11.5 Å². The third kappa shape index (κ3) is 6.38. The Kier molecular flexibility index (Phi) is 9.10. The number of nitrogens with zero attached hydrogens (tertiary/aromatic N) is 5. The Morgan fingerprint density at radius 1 is 0.895 bits per heavy atom. The Labute approximate surface area is 222 Å². The van der Waals surface area contributed by atoms with Crippen LogP contribution in [-0.2, 0) is 9.53 Å². The molecule has 10 nitrogen and oxygen atoms in total. The number of carbonyl (C=O) groups excluding carboxylic acids is 2. The van der Waals surface area contributed by atoms with Gasteiger partial charge in [-0.05, 0) is 36.4 Å². The number of aromatic nitrogens is 2. The molecule has 0 N–H and O–H groups in total. The van der Waals surface area contributed by atoms with Crippen LogP contribution in [0.3, 0.4) is 0 Å². The van der Waals surface area contributed by atoms with Gasteiger partial charge in [0.25, 0.3) is 5.91 Å². The highest BCUT2D eigenvalue weighted by Gasteiger charge is 2.26. The van der Waals surface area contributed by atoms with Gasteiger partial charge in [-0.15, -0.1) is 10.2 Å². The summed E-state index contributed by atoms with van der Waals surface area (Å²) in [6.07, 6.45) is 0. The van der Waals surface area contributed by atoms with Crippen molar-refractivity contribution in [2.75, 3.05) is 72.1 Å². The molecule has 2 heterocycles. The van der Waals surface area contributed by atoms with Gasteiger partial charge < -0.3 is 28.9 Å². The fourth-order valence-corrected chi connectivity index (χ4v) is 4.31. The molecule has 10 heteroatoms. The molecule has 4 rings (SSSR count). The summed E-state index contributed by atoms with van der Waals surface area (Å²) >= 11 is 0. The maximum atomic E-state index is 13.1. The van der Waals surface area contributed by atoms with Gasteiger partial charge in [-0.3, -0.25) is 9.59 Å². The Morgan fingerprint density at radius 2 is 1.66 bits per heavy atom. The average Bonchev–Trinajstić information content (AvgIpc) is 2.99. The van der Waals surface area contributed by atoms with Crippen molar-refractivity contribution < 1.29 is 23.8 Å².